The summed E-state index contributed by atoms with van der Waals surface area (Å²) in [6.45, 7) is 12.0. The van der Waals surface area contributed by atoms with Crippen LogP contribution in [-0.2, 0) is 10.0 Å². The van der Waals surface area contributed by atoms with Gasteiger partial charge < -0.3 is 5.32 Å². The topological polar surface area (TPSA) is 73.2 Å². The molecule has 5 nitrogen and oxygen atoms in total. The van der Waals surface area contributed by atoms with E-state index in [-0.39, 0.29) is 6.04 Å². The van der Waals surface area contributed by atoms with Crippen molar-refractivity contribution in [3.05, 3.63) is 29.8 Å². The first-order valence-electron chi connectivity index (χ1n) is 9.72. The Bertz CT molecular complexity index is 615. The number of rotatable bonds is 6. The van der Waals surface area contributed by atoms with Crippen molar-refractivity contribution >= 4 is 10.0 Å². The second-order valence-electron chi connectivity index (χ2n) is 5.67. The van der Waals surface area contributed by atoms with Crippen LogP contribution < -0.4 is 5.32 Å². The fraction of sp³-hybridized carbons (Fsp3) is 0.650. The molecule has 1 aliphatic heterocycles. The summed E-state index contributed by atoms with van der Waals surface area (Å²) in [4.78, 5) is 0.341. The van der Waals surface area contributed by atoms with Crippen LogP contribution in [0.2, 0.25) is 0 Å². The minimum absolute atomic E-state index is 0.0197. The van der Waals surface area contributed by atoms with Crippen molar-refractivity contribution in [1.29, 1.82) is 5.26 Å². The van der Waals surface area contributed by atoms with Crippen LogP contribution in [0.4, 0.5) is 0 Å². The smallest absolute Gasteiger partial charge is 0.243 e. The van der Waals surface area contributed by atoms with Crippen LogP contribution >= 0.6 is 0 Å². The molecule has 1 aromatic rings. The molecule has 0 amide bonds. The molecule has 1 heterocycles. The molecule has 0 atom stereocenters. The molecule has 0 saturated carbocycles. The summed E-state index contributed by atoms with van der Waals surface area (Å²) in [5, 5.41) is 12.0. The van der Waals surface area contributed by atoms with Crippen molar-refractivity contribution in [3.63, 3.8) is 0 Å². The molecule has 1 aliphatic rings. The van der Waals surface area contributed by atoms with Crippen LogP contribution in [-0.4, -0.2) is 38.4 Å². The van der Waals surface area contributed by atoms with E-state index in [4.69, 9.17) is 5.26 Å². The molecule has 1 aromatic carbocycles. The zero-order chi connectivity index (χ0) is 20.0. The molecule has 26 heavy (non-hydrogen) atoms. The molecule has 1 N–H and O–H groups in total. The zero-order valence-electron chi connectivity index (χ0n) is 17.0. The summed E-state index contributed by atoms with van der Waals surface area (Å²) in [7, 11) is -3.50. The van der Waals surface area contributed by atoms with Gasteiger partial charge >= 0.3 is 0 Å². The highest BCUT2D eigenvalue weighted by molar-refractivity contribution is 7.89. The highest BCUT2D eigenvalue weighted by Crippen LogP contribution is 2.23. The molecule has 0 radical (unpaired) electrons. The molecule has 0 aliphatic carbocycles. The summed E-state index contributed by atoms with van der Waals surface area (Å²) in [5.41, 5.74) is 1.04. The Kier molecular flexibility index (Phi) is 13.0. The van der Waals surface area contributed by atoms with Gasteiger partial charge in [0.05, 0.1) is 11.0 Å². The molecule has 0 aromatic heterocycles. The maximum absolute atomic E-state index is 13.0. The number of unbranched alkanes of at least 4 members (excludes halogenated alkanes) is 1. The first-order valence-corrected chi connectivity index (χ1v) is 11.2. The monoisotopic (exact) mass is 381 g/mol. The molecule has 2 rings (SSSR count). The first kappa shape index (κ1) is 24.6. The lowest BCUT2D eigenvalue weighted by molar-refractivity contribution is 0.260. The number of nitrogens with one attached hydrogen (secondary N) is 1. The van der Waals surface area contributed by atoms with E-state index >= 15 is 0 Å². The number of nitriles is 1. The standard InChI is InChI=1S/C16H23N3O2S.2C2H6/c1-14-4-6-16(7-5-14)22(20,21)19(13-3-2-10-17)15-8-11-18-12-9-15;2*1-2/h4-7,15,18H,2-3,8-9,11-13H2,1H3;2*1-2H3. The van der Waals surface area contributed by atoms with Crippen molar-refractivity contribution in [1.82, 2.24) is 9.62 Å². The largest absolute Gasteiger partial charge is 0.317 e. The molecular weight excluding hydrogens is 346 g/mol. The normalized spacial score (nSPS) is 14.5. The highest BCUT2D eigenvalue weighted by atomic mass is 32.2. The SMILES string of the molecule is CC.CC.Cc1ccc(S(=O)(=O)N(CCCC#N)C2CCNCC2)cc1. The average molecular weight is 382 g/mol. The Morgan fingerprint density at radius 1 is 1.12 bits per heavy atom. The Balaban J connectivity index is 0.00000146. The van der Waals surface area contributed by atoms with E-state index < -0.39 is 10.0 Å². The number of piperidine rings is 1. The summed E-state index contributed by atoms with van der Waals surface area (Å²) < 4.78 is 27.5. The lowest BCUT2D eigenvalue weighted by Crippen LogP contribution is -2.46. The van der Waals surface area contributed by atoms with Crippen LogP contribution in [0, 0.1) is 18.3 Å². The Hall–Kier alpha value is -1.42. The van der Waals surface area contributed by atoms with Crippen LogP contribution in [0.5, 0.6) is 0 Å². The van der Waals surface area contributed by atoms with Gasteiger partial charge in [0.25, 0.3) is 0 Å². The van der Waals surface area contributed by atoms with Crippen molar-refractivity contribution in [2.45, 2.75) is 71.2 Å². The molecule has 0 spiro atoms. The fourth-order valence-electron chi connectivity index (χ4n) is 2.75. The van der Waals surface area contributed by atoms with Crippen LogP contribution in [0.1, 0.15) is 58.9 Å². The quantitative estimate of drug-likeness (QED) is 0.753. The van der Waals surface area contributed by atoms with Gasteiger partial charge in [-0.25, -0.2) is 8.42 Å². The van der Waals surface area contributed by atoms with E-state index in [0.717, 1.165) is 31.5 Å². The van der Waals surface area contributed by atoms with Crippen LogP contribution in [0.3, 0.4) is 0 Å². The number of hydrogen-bond acceptors (Lipinski definition) is 4. The maximum atomic E-state index is 13.0. The van der Waals surface area contributed by atoms with Crippen molar-refractivity contribution in [2.75, 3.05) is 19.6 Å². The zero-order valence-corrected chi connectivity index (χ0v) is 17.8. The van der Waals surface area contributed by atoms with Crippen LogP contribution in [0.15, 0.2) is 29.2 Å². The number of hydrogen-bond donors (Lipinski definition) is 1. The number of nitrogens with zero attached hydrogens (tertiary/aromatic N) is 2. The lowest BCUT2D eigenvalue weighted by Gasteiger charge is -2.33. The number of sulfonamides is 1. The second kappa shape index (κ2) is 13.7. The minimum atomic E-state index is -3.50. The summed E-state index contributed by atoms with van der Waals surface area (Å²) in [6, 6.07) is 9.09. The van der Waals surface area contributed by atoms with Gasteiger partial charge in [-0.1, -0.05) is 45.4 Å². The van der Waals surface area contributed by atoms with Gasteiger partial charge in [0.1, 0.15) is 0 Å². The first-order chi connectivity index (χ1) is 12.6. The van der Waals surface area contributed by atoms with Crippen molar-refractivity contribution in [3.8, 4) is 6.07 Å². The summed E-state index contributed by atoms with van der Waals surface area (Å²) in [5.74, 6) is 0. The molecule has 1 fully saturated rings. The fourth-order valence-corrected chi connectivity index (χ4v) is 4.48. The predicted octanol–water partition coefficient (Wildman–Crippen LogP) is 4.09. The van der Waals surface area contributed by atoms with E-state index in [1.165, 1.54) is 0 Å². The van der Waals surface area contributed by atoms with E-state index in [2.05, 4.69) is 11.4 Å². The molecule has 148 valence electrons. The van der Waals surface area contributed by atoms with Crippen molar-refractivity contribution in [2.24, 2.45) is 0 Å². The molecule has 0 bridgehead atoms. The Morgan fingerprint density at radius 2 is 1.65 bits per heavy atom. The summed E-state index contributed by atoms with van der Waals surface area (Å²) in [6.07, 6.45) is 2.59. The third kappa shape index (κ3) is 7.45. The number of aryl methyl sites for hydroxylation is 1. The van der Waals surface area contributed by atoms with Gasteiger partial charge in [-0.2, -0.15) is 9.57 Å². The third-order valence-corrected chi connectivity index (χ3v) is 5.98. The van der Waals surface area contributed by atoms with E-state index in [9.17, 15) is 8.42 Å². The van der Waals surface area contributed by atoms with Gasteiger partial charge in [-0.15, -0.1) is 0 Å². The minimum Gasteiger partial charge on any atom is -0.317 e. The van der Waals surface area contributed by atoms with Gasteiger partial charge in [-0.05, 0) is 51.4 Å². The summed E-state index contributed by atoms with van der Waals surface area (Å²) >= 11 is 0. The predicted molar refractivity (Wildman–Crippen MR) is 109 cm³/mol. The molecule has 1 saturated heterocycles. The van der Waals surface area contributed by atoms with Gasteiger partial charge in [-0.3, -0.25) is 0 Å². The van der Waals surface area contributed by atoms with E-state index in [1.54, 1.807) is 16.4 Å². The van der Waals surface area contributed by atoms with E-state index in [1.807, 2.05) is 46.8 Å². The Morgan fingerprint density at radius 3 is 2.15 bits per heavy atom. The maximum Gasteiger partial charge on any atom is 0.243 e. The number of benzene rings is 1. The van der Waals surface area contributed by atoms with Crippen molar-refractivity contribution < 1.29 is 8.42 Å². The lowest BCUT2D eigenvalue weighted by atomic mass is 10.1. The molecule has 6 heteroatoms. The molecular formula is C20H35N3O2S. The van der Waals surface area contributed by atoms with Gasteiger partial charge in [0, 0.05) is 19.0 Å². The highest BCUT2D eigenvalue weighted by Gasteiger charge is 2.31. The second-order valence-corrected chi connectivity index (χ2v) is 7.56. The van der Waals surface area contributed by atoms with Gasteiger partial charge in [0.2, 0.25) is 10.0 Å². The average Bonchev–Trinajstić information content (AvgIpc) is 2.69. The van der Waals surface area contributed by atoms with E-state index in [0.29, 0.717) is 24.3 Å². The van der Waals surface area contributed by atoms with Gasteiger partial charge in [0.15, 0.2) is 0 Å². The Labute approximate surface area is 160 Å². The van der Waals surface area contributed by atoms with Crippen LogP contribution in [0.25, 0.3) is 0 Å². The third-order valence-electron chi connectivity index (χ3n) is 4.01. The molecule has 0 unspecified atom stereocenters.